The highest BCUT2D eigenvalue weighted by atomic mass is 127. The Morgan fingerprint density at radius 3 is 2.59 bits per heavy atom. The number of aliphatic imine (C=N–C) groups is 1. The van der Waals surface area contributed by atoms with E-state index in [0.717, 1.165) is 50.1 Å². The third kappa shape index (κ3) is 10.5. The number of nitrogens with zero attached hydrogens (tertiary/aromatic N) is 3. The van der Waals surface area contributed by atoms with Gasteiger partial charge >= 0.3 is 0 Å². The summed E-state index contributed by atoms with van der Waals surface area (Å²) in [6, 6.07) is 12.2. The van der Waals surface area contributed by atoms with Crippen LogP contribution >= 0.6 is 24.0 Å². The maximum atomic E-state index is 5.88. The maximum absolute atomic E-state index is 5.88. The largest absolute Gasteiger partial charge is 0.492 e. The zero-order valence-electron chi connectivity index (χ0n) is 17.6. The highest BCUT2D eigenvalue weighted by Gasteiger charge is 2.02. The van der Waals surface area contributed by atoms with Gasteiger partial charge in [0.2, 0.25) is 0 Å². The molecule has 0 aliphatic carbocycles. The zero-order valence-corrected chi connectivity index (χ0v) is 20.0. The van der Waals surface area contributed by atoms with Gasteiger partial charge in [-0.1, -0.05) is 12.1 Å². The third-order valence-electron chi connectivity index (χ3n) is 4.33. The summed E-state index contributed by atoms with van der Waals surface area (Å²) in [6.45, 7) is 5.56. The van der Waals surface area contributed by atoms with E-state index in [1.165, 1.54) is 0 Å². The van der Waals surface area contributed by atoms with Crippen molar-refractivity contribution in [3.63, 3.8) is 0 Å². The van der Waals surface area contributed by atoms with Crippen LogP contribution in [0.4, 0.5) is 0 Å². The highest BCUT2D eigenvalue weighted by Crippen LogP contribution is 2.13. The first-order valence-electron chi connectivity index (χ1n) is 9.65. The summed E-state index contributed by atoms with van der Waals surface area (Å²) in [5.74, 6) is 1.67. The molecule has 29 heavy (non-hydrogen) atoms. The number of nitrogens with one attached hydrogen (secondary N) is 2. The van der Waals surface area contributed by atoms with Crippen molar-refractivity contribution in [1.82, 2.24) is 20.1 Å². The summed E-state index contributed by atoms with van der Waals surface area (Å²) in [5, 5.41) is 6.67. The van der Waals surface area contributed by atoms with E-state index in [1.54, 1.807) is 14.2 Å². The second kappa shape index (κ2) is 15.1. The van der Waals surface area contributed by atoms with E-state index in [1.807, 2.05) is 24.3 Å². The molecule has 0 radical (unpaired) electrons. The fourth-order valence-electron chi connectivity index (χ4n) is 2.65. The number of aromatic nitrogens is 1. The monoisotopic (exact) mass is 515 g/mol. The van der Waals surface area contributed by atoms with E-state index >= 15 is 0 Å². The lowest BCUT2D eigenvalue weighted by molar-refractivity contribution is 0.150. The molecule has 0 amide bonds. The van der Waals surface area contributed by atoms with E-state index in [2.05, 4.69) is 56.7 Å². The van der Waals surface area contributed by atoms with Crippen LogP contribution in [0.25, 0.3) is 0 Å². The minimum absolute atomic E-state index is 0. The molecule has 2 rings (SSSR count). The number of methoxy groups -OCH3 is 1. The summed E-state index contributed by atoms with van der Waals surface area (Å²) in [6.07, 6.45) is 4.11. The SMILES string of the molecule is CN=C(NCCn1cccc1)NCc1cccc(OCCN(C)CCOC)c1.I. The Morgan fingerprint density at radius 1 is 1.10 bits per heavy atom. The first-order chi connectivity index (χ1) is 13.7. The molecule has 2 N–H and O–H groups in total. The molecule has 1 heterocycles. The summed E-state index contributed by atoms with van der Waals surface area (Å²) in [7, 11) is 5.57. The number of rotatable bonds is 12. The third-order valence-corrected chi connectivity index (χ3v) is 4.33. The van der Waals surface area contributed by atoms with Crippen LogP contribution in [0, 0.1) is 0 Å². The molecular weight excluding hydrogens is 481 g/mol. The predicted molar refractivity (Wildman–Crippen MR) is 129 cm³/mol. The van der Waals surface area contributed by atoms with E-state index in [9.17, 15) is 0 Å². The molecule has 0 unspecified atom stereocenters. The van der Waals surface area contributed by atoms with Gasteiger partial charge in [-0.25, -0.2) is 0 Å². The Labute approximate surface area is 191 Å². The standard InChI is InChI=1S/C21H33N5O2.HI/c1-22-21(23-9-12-26-10-4-5-11-26)24-18-19-7-6-8-20(17-19)28-16-14-25(2)13-15-27-3;/h4-8,10-11,17H,9,12-16,18H2,1-3H3,(H2,22,23,24);1H. The van der Waals surface area contributed by atoms with E-state index < -0.39 is 0 Å². The Balaban J connectivity index is 0.00000420. The van der Waals surface area contributed by atoms with Crippen LogP contribution < -0.4 is 15.4 Å². The smallest absolute Gasteiger partial charge is 0.191 e. The molecule has 162 valence electrons. The summed E-state index contributed by atoms with van der Waals surface area (Å²) in [4.78, 5) is 6.47. The molecule has 0 spiro atoms. The number of guanidine groups is 1. The van der Waals surface area contributed by atoms with Crippen LogP contribution in [0.3, 0.4) is 0 Å². The summed E-state index contributed by atoms with van der Waals surface area (Å²) in [5.41, 5.74) is 1.15. The average Bonchev–Trinajstić information content (AvgIpc) is 3.23. The van der Waals surface area contributed by atoms with Crippen molar-refractivity contribution in [2.24, 2.45) is 4.99 Å². The van der Waals surface area contributed by atoms with Crippen molar-refractivity contribution in [3.8, 4) is 5.75 Å². The van der Waals surface area contributed by atoms with Gasteiger partial charge in [-0.3, -0.25) is 4.99 Å². The van der Waals surface area contributed by atoms with Gasteiger partial charge in [0, 0.05) is 59.3 Å². The highest BCUT2D eigenvalue weighted by molar-refractivity contribution is 14.0. The molecule has 1 aromatic heterocycles. The molecule has 2 aromatic rings. The average molecular weight is 515 g/mol. The van der Waals surface area contributed by atoms with Gasteiger partial charge in [0.25, 0.3) is 0 Å². The Morgan fingerprint density at radius 2 is 1.86 bits per heavy atom. The number of ether oxygens (including phenoxy) is 2. The second-order valence-electron chi connectivity index (χ2n) is 6.57. The van der Waals surface area contributed by atoms with Crippen molar-refractivity contribution in [2.75, 3.05) is 54.1 Å². The second-order valence-corrected chi connectivity index (χ2v) is 6.57. The van der Waals surface area contributed by atoms with Crippen molar-refractivity contribution < 1.29 is 9.47 Å². The molecule has 0 bridgehead atoms. The van der Waals surface area contributed by atoms with Gasteiger partial charge in [-0.15, -0.1) is 24.0 Å². The van der Waals surface area contributed by atoms with Crippen LogP contribution in [0.2, 0.25) is 0 Å². The Bertz CT molecular complexity index is 694. The predicted octanol–water partition coefficient (Wildman–Crippen LogP) is 2.43. The van der Waals surface area contributed by atoms with Crippen LogP contribution in [0.1, 0.15) is 5.56 Å². The normalized spacial score (nSPS) is 11.2. The van der Waals surface area contributed by atoms with E-state index in [-0.39, 0.29) is 24.0 Å². The lowest BCUT2D eigenvalue weighted by Gasteiger charge is -2.16. The fraction of sp³-hybridized carbons (Fsp3) is 0.476. The molecule has 0 atom stereocenters. The van der Waals surface area contributed by atoms with Crippen LogP contribution in [0.5, 0.6) is 5.75 Å². The van der Waals surface area contributed by atoms with Crippen molar-refractivity contribution in [3.05, 3.63) is 54.4 Å². The molecule has 0 saturated carbocycles. The van der Waals surface area contributed by atoms with Crippen molar-refractivity contribution in [2.45, 2.75) is 13.1 Å². The number of benzene rings is 1. The van der Waals surface area contributed by atoms with Gasteiger partial charge < -0.3 is 29.6 Å². The maximum Gasteiger partial charge on any atom is 0.191 e. The zero-order chi connectivity index (χ0) is 20.0. The quantitative estimate of drug-likeness (QED) is 0.259. The van der Waals surface area contributed by atoms with Gasteiger partial charge in [-0.2, -0.15) is 0 Å². The van der Waals surface area contributed by atoms with Crippen LogP contribution in [-0.2, 0) is 17.8 Å². The lowest BCUT2D eigenvalue weighted by atomic mass is 10.2. The van der Waals surface area contributed by atoms with Gasteiger partial charge in [-0.05, 0) is 36.9 Å². The topological polar surface area (TPSA) is 63.0 Å². The molecule has 8 heteroatoms. The number of halogens is 1. The molecule has 1 aromatic carbocycles. The molecule has 0 aliphatic heterocycles. The minimum Gasteiger partial charge on any atom is -0.492 e. The first-order valence-corrected chi connectivity index (χ1v) is 9.65. The summed E-state index contributed by atoms with van der Waals surface area (Å²) >= 11 is 0. The molecular formula is C21H34IN5O2. The Hall–Kier alpha value is -1.78. The van der Waals surface area contributed by atoms with Gasteiger partial charge in [0.1, 0.15) is 12.4 Å². The molecule has 7 nitrogen and oxygen atoms in total. The van der Waals surface area contributed by atoms with Crippen molar-refractivity contribution >= 4 is 29.9 Å². The Kier molecular flexibility index (Phi) is 13.2. The molecule has 0 fully saturated rings. The number of hydrogen-bond donors (Lipinski definition) is 2. The van der Waals surface area contributed by atoms with Gasteiger partial charge in [0.15, 0.2) is 5.96 Å². The number of likely N-dealkylation sites (N-methyl/N-ethyl adjacent to an activating group) is 1. The van der Waals surface area contributed by atoms with E-state index in [0.29, 0.717) is 13.2 Å². The lowest BCUT2D eigenvalue weighted by Crippen LogP contribution is -2.38. The molecule has 0 aliphatic rings. The van der Waals surface area contributed by atoms with Crippen LogP contribution in [0.15, 0.2) is 53.8 Å². The minimum atomic E-state index is 0. The van der Waals surface area contributed by atoms with Gasteiger partial charge in [0.05, 0.1) is 6.61 Å². The molecule has 0 saturated heterocycles. The fourth-order valence-corrected chi connectivity index (χ4v) is 2.65. The van der Waals surface area contributed by atoms with Crippen LogP contribution in [-0.4, -0.2) is 69.5 Å². The summed E-state index contributed by atoms with van der Waals surface area (Å²) < 4.78 is 13.1. The van der Waals surface area contributed by atoms with Crippen molar-refractivity contribution in [1.29, 1.82) is 0 Å². The first kappa shape index (κ1) is 25.3. The van der Waals surface area contributed by atoms with E-state index in [4.69, 9.17) is 9.47 Å². The number of hydrogen-bond acceptors (Lipinski definition) is 4.